The average Bonchev–Trinajstić information content (AvgIpc) is 2.60. The lowest BCUT2D eigenvalue weighted by molar-refractivity contribution is 0.187. The third-order valence-corrected chi connectivity index (χ3v) is 3.59. The molecule has 0 radical (unpaired) electrons. The van der Waals surface area contributed by atoms with Crippen LogP contribution < -0.4 is 10.1 Å². The van der Waals surface area contributed by atoms with Gasteiger partial charge in [0.2, 0.25) is 0 Å². The third kappa shape index (κ3) is 5.76. The van der Waals surface area contributed by atoms with Crippen molar-refractivity contribution in [2.24, 2.45) is 0 Å². The van der Waals surface area contributed by atoms with E-state index in [4.69, 9.17) is 9.84 Å². The molecule has 25 heavy (non-hydrogen) atoms. The van der Waals surface area contributed by atoms with E-state index >= 15 is 0 Å². The molecule has 2 aromatic carbocycles. The second-order valence-electron chi connectivity index (χ2n) is 5.55. The molecule has 0 atom stereocenters. The highest BCUT2D eigenvalue weighted by atomic mass is 19.1. The van der Waals surface area contributed by atoms with Gasteiger partial charge in [-0.1, -0.05) is 31.5 Å². The number of amides is 2. The Bertz CT molecular complexity index is 694. The molecule has 0 aliphatic rings. The molecule has 0 saturated heterocycles. The molecule has 0 spiro atoms. The van der Waals surface area contributed by atoms with E-state index in [1.807, 2.05) is 6.92 Å². The number of anilines is 1. The molecule has 0 heterocycles. The van der Waals surface area contributed by atoms with Crippen LogP contribution >= 0.6 is 0 Å². The van der Waals surface area contributed by atoms with Crippen molar-refractivity contribution >= 4 is 11.7 Å². The molecule has 0 bridgehead atoms. The van der Waals surface area contributed by atoms with Crippen LogP contribution in [-0.4, -0.2) is 35.7 Å². The Hall–Kier alpha value is -2.60. The molecule has 0 saturated carbocycles. The van der Waals surface area contributed by atoms with Crippen LogP contribution in [0, 0.1) is 5.82 Å². The van der Waals surface area contributed by atoms with Gasteiger partial charge in [-0.2, -0.15) is 0 Å². The number of urea groups is 1. The number of unbranched alkanes of at least 4 members (excludes halogenated alkanes) is 1. The van der Waals surface area contributed by atoms with Crippen molar-refractivity contribution in [1.82, 2.24) is 4.90 Å². The fourth-order valence-electron chi connectivity index (χ4n) is 2.30. The van der Waals surface area contributed by atoms with Crippen LogP contribution in [0.5, 0.6) is 11.5 Å². The molecule has 2 aromatic rings. The summed E-state index contributed by atoms with van der Waals surface area (Å²) < 4.78 is 19.0. The normalized spacial score (nSPS) is 10.4. The summed E-state index contributed by atoms with van der Waals surface area (Å²) in [4.78, 5) is 14.0. The SMILES string of the molecule is CCCCN(CCO)C(=O)Nc1ccccc1Oc1cccc(F)c1. The van der Waals surface area contributed by atoms with Crippen LogP contribution in [0.15, 0.2) is 48.5 Å². The van der Waals surface area contributed by atoms with Gasteiger partial charge in [-0.05, 0) is 30.7 Å². The average molecular weight is 346 g/mol. The lowest BCUT2D eigenvalue weighted by Gasteiger charge is -2.22. The number of aliphatic hydroxyl groups excluding tert-OH is 1. The minimum atomic E-state index is -0.396. The first kappa shape index (κ1) is 18.7. The second-order valence-corrected chi connectivity index (χ2v) is 5.55. The number of carbonyl (C=O) groups excluding carboxylic acids is 1. The molecular weight excluding hydrogens is 323 g/mol. The topological polar surface area (TPSA) is 61.8 Å². The minimum absolute atomic E-state index is 0.0986. The molecule has 0 unspecified atom stereocenters. The third-order valence-electron chi connectivity index (χ3n) is 3.59. The molecule has 2 amide bonds. The zero-order chi connectivity index (χ0) is 18.1. The molecular formula is C19H23FN2O3. The monoisotopic (exact) mass is 346 g/mol. The summed E-state index contributed by atoms with van der Waals surface area (Å²) in [5, 5.41) is 11.9. The van der Waals surface area contributed by atoms with Gasteiger partial charge in [-0.25, -0.2) is 9.18 Å². The van der Waals surface area contributed by atoms with Crippen LogP contribution in [-0.2, 0) is 0 Å². The number of carbonyl (C=O) groups is 1. The van der Waals surface area contributed by atoms with E-state index in [-0.39, 0.29) is 19.2 Å². The molecule has 5 nitrogen and oxygen atoms in total. The van der Waals surface area contributed by atoms with Crippen LogP contribution in [0.1, 0.15) is 19.8 Å². The van der Waals surface area contributed by atoms with Gasteiger partial charge in [0.05, 0.1) is 12.3 Å². The van der Waals surface area contributed by atoms with Gasteiger partial charge in [0.15, 0.2) is 5.75 Å². The number of hydrogen-bond acceptors (Lipinski definition) is 3. The molecule has 0 aliphatic carbocycles. The van der Waals surface area contributed by atoms with Crippen molar-refractivity contribution in [2.45, 2.75) is 19.8 Å². The smallest absolute Gasteiger partial charge is 0.322 e. The Kier molecular flexibility index (Phi) is 7.22. The highest BCUT2D eigenvalue weighted by Gasteiger charge is 2.15. The van der Waals surface area contributed by atoms with Crippen LogP contribution in [0.2, 0.25) is 0 Å². The first-order valence-corrected chi connectivity index (χ1v) is 8.33. The van der Waals surface area contributed by atoms with E-state index in [0.717, 1.165) is 12.8 Å². The Labute approximate surface area is 147 Å². The van der Waals surface area contributed by atoms with E-state index < -0.39 is 5.82 Å². The van der Waals surface area contributed by atoms with Gasteiger partial charge in [0.25, 0.3) is 0 Å². The molecule has 2 rings (SSSR count). The van der Waals surface area contributed by atoms with Gasteiger partial charge in [0, 0.05) is 19.2 Å². The number of nitrogens with zero attached hydrogens (tertiary/aromatic N) is 1. The zero-order valence-electron chi connectivity index (χ0n) is 14.2. The zero-order valence-corrected chi connectivity index (χ0v) is 14.2. The van der Waals surface area contributed by atoms with Gasteiger partial charge in [-0.15, -0.1) is 0 Å². The Morgan fingerprint density at radius 2 is 2.00 bits per heavy atom. The summed E-state index contributed by atoms with van der Waals surface area (Å²) in [7, 11) is 0. The lowest BCUT2D eigenvalue weighted by atomic mass is 10.2. The number of para-hydroxylation sites is 2. The number of rotatable bonds is 8. The molecule has 6 heteroatoms. The maximum absolute atomic E-state index is 13.3. The number of aliphatic hydroxyl groups is 1. The maximum Gasteiger partial charge on any atom is 0.322 e. The quantitative estimate of drug-likeness (QED) is 0.751. The standard InChI is InChI=1S/C19H23FN2O3/c1-2-3-11-22(12-13-23)19(24)21-17-9-4-5-10-18(17)25-16-8-6-7-15(20)14-16/h4-10,14,23H,2-3,11-13H2,1H3,(H,21,24). The summed E-state index contributed by atoms with van der Waals surface area (Å²) in [6.45, 7) is 2.77. The number of nitrogens with one attached hydrogen (secondary N) is 1. The van der Waals surface area contributed by atoms with E-state index in [0.29, 0.717) is 23.7 Å². The molecule has 2 N–H and O–H groups in total. The van der Waals surface area contributed by atoms with E-state index in [2.05, 4.69) is 5.32 Å². The molecule has 0 aromatic heterocycles. The van der Waals surface area contributed by atoms with Gasteiger partial charge < -0.3 is 20.1 Å². The summed E-state index contributed by atoms with van der Waals surface area (Å²) in [6, 6.07) is 12.5. The fourth-order valence-corrected chi connectivity index (χ4v) is 2.30. The minimum Gasteiger partial charge on any atom is -0.455 e. The second kappa shape index (κ2) is 9.64. The van der Waals surface area contributed by atoms with Crippen molar-refractivity contribution in [2.75, 3.05) is 25.0 Å². The van der Waals surface area contributed by atoms with Gasteiger partial charge in [0.1, 0.15) is 11.6 Å². The predicted octanol–water partition coefficient (Wildman–Crippen LogP) is 4.24. The van der Waals surface area contributed by atoms with Crippen molar-refractivity contribution < 1.29 is 19.0 Å². The van der Waals surface area contributed by atoms with Gasteiger partial charge in [-0.3, -0.25) is 0 Å². The molecule has 0 fully saturated rings. The van der Waals surface area contributed by atoms with Crippen molar-refractivity contribution in [3.8, 4) is 11.5 Å². The van der Waals surface area contributed by atoms with Crippen molar-refractivity contribution in [1.29, 1.82) is 0 Å². The number of benzene rings is 2. The predicted molar refractivity (Wildman–Crippen MR) is 95.5 cm³/mol. The summed E-state index contributed by atoms with van der Waals surface area (Å²) >= 11 is 0. The maximum atomic E-state index is 13.3. The van der Waals surface area contributed by atoms with E-state index in [9.17, 15) is 9.18 Å². The number of ether oxygens (including phenoxy) is 1. The van der Waals surface area contributed by atoms with Crippen LogP contribution in [0.4, 0.5) is 14.9 Å². The Morgan fingerprint density at radius 3 is 2.72 bits per heavy atom. The fraction of sp³-hybridized carbons (Fsp3) is 0.316. The van der Waals surface area contributed by atoms with Crippen LogP contribution in [0.25, 0.3) is 0 Å². The largest absolute Gasteiger partial charge is 0.455 e. The Morgan fingerprint density at radius 1 is 1.20 bits per heavy atom. The van der Waals surface area contributed by atoms with Crippen molar-refractivity contribution in [3.63, 3.8) is 0 Å². The first-order valence-electron chi connectivity index (χ1n) is 8.33. The number of halogens is 1. The summed E-state index contributed by atoms with van der Waals surface area (Å²) in [5.41, 5.74) is 0.483. The highest BCUT2D eigenvalue weighted by Crippen LogP contribution is 2.29. The van der Waals surface area contributed by atoms with Gasteiger partial charge >= 0.3 is 6.03 Å². The van der Waals surface area contributed by atoms with E-state index in [1.165, 1.54) is 12.1 Å². The van der Waals surface area contributed by atoms with E-state index in [1.54, 1.807) is 41.3 Å². The highest BCUT2D eigenvalue weighted by molar-refractivity contribution is 5.91. The first-order chi connectivity index (χ1) is 12.1. The number of hydrogen-bond donors (Lipinski definition) is 2. The summed E-state index contributed by atoms with van der Waals surface area (Å²) in [6.07, 6.45) is 1.81. The molecule has 0 aliphatic heterocycles. The van der Waals surface area contributed by atoms with Crippen LogP contribution in [0.3, 0.4) is 0 Å². The Balaban J connectivity index is 2.12. The summed E-state index contributed by atoms with van der Waals surface area (Å²) in [5.74, 6) is 0.369. The lowest BCUT2D eigenvalue weighted by Crippen LogP contribution is -2.37. The van der Waals surface area contributed by atoms with Crippen molar-refractivity contribution in [3.05, 3.63) is 54.3 Å². The molecule has 134 valence electrons.